The summed E-state index contributed by atoms with van der Waals surface area (Å²) in [6, 6.07) is 14.9. The van der Waals surface area contributed by atoms with Crippen molar-refractivity contribution < 1.29 is 18.3 Å². The Bertz CT molecular complexity index is 1600. The standard InChI is InChI=1S/C36H51N5O5S/c1-6-11-16-26(8-3)24-41(25-27(9-4)17-12-7-2)47(45,46)30-22-20-29(21-23-30)39-40-33-31(10-5)32(35(43)38-36(33)44)34(42)37-28-18-14-13-15-19-28/h13-15,18-23,26-27H,6-12,16-17,24-25H2,1-5H3,(H,37,42)(H2,38,43,44)/b40-39+. The fraction of sp³-hybridized carbons (Fsp3) is 0.500. The number of aromatic nitrogens is 1. The minimum atomic E-state index is -3.77. The molecule has 1 amide bonds. The molecule has 0 aliphatic heterocycles. The zero-order chi connectivity index (χ0) is 34.4. The van der Waals surface area contributed by atoms with E-state index < -0.39 is 27.4 Å². The quantitative estimate of drug-likeness (QED) is 0.110. The molecule has 0 fully saturated rings. The van der Waals surface area contributed by atoms with Gasteiger partial charge in [-0.25, -0.2) is 8.42 Å². The average Bonchev–Trinajstić information content (AvgIpc) is 3.07. The fourth-order valence-electron chi connectivity index (χ4n) is 5.66. The van der Waals surface area contributed by atoms with Gasteiger partial charge in [-0.3, -0.25) is 14.6 Å². The van der Waals surface area contributed by atoms with E-state index in [4.69, 9.17) is 0 Å². The largest absolute Gasteiger partial charge is 0.493 e. The van der Waals surface area contributed by atoms with E-state index in [0.29, 0.717) is 36.3 Å². The molecule has 3 aromatic rings. The summed E-state index contributed by atoms with van der Waals surface area (Å²) in [6.45, 7) is 11.3. The fourth-order valence-corrected chi connectivity index (χ4v) is 7.25. The number of amides is 1. The van der Waals surface area contributed by atoms with Crippen molar-refractivity contribution in [1.29, 1.82) is 0 Å². The molecule has 0 aliphatic rings. The van der Waals surface area contributed by atoms with Crippen LogP contribution >= 0.6 is 0 Å². The van der Waals surface area contributed by atoms with Crippen molar-refractivity contribution in [2.45, 2.75) is 97.3 Å². The summed E-state index contributed by atoms with van der Waals surface area (Å²) in [5, 5.41) is 21.7. The Morgan fingerprint density at radius 3 is 1.96 bits per heavy atom. The van der Waals surface area contributed by atoms with E-state index in [1.54, 1.807) is 47.6 Å². The minimum Gasteiger partial charge on any atom is -0.493 e. The zero-order valence-electron chi connectivity index (χ0n) is 28.5. The Morgan fingerprint density at radius 2 is 1.45 bits per heavy atom. The first kappa shape index (κ1) is 37.6. The predicted octanol–water partition coefficient (Wildman–Crippen LogP) is 8.73. The lowest BCUT2D eigenvalue weighted by Gasteiger charge is -2.30. The number of anilines is 1. The van der Waals surface area contributed by atoms with Crippen molar-refractivity contribution in [3.05, 3.63) is 76.1 Å². The summed E-state index contributed by atoms with van der Waals surface area (Å²) in [7, 11) is -3.77. The molecule has 2 atom stereocenters. The molecule has 0 radical (unpaired) electrons. The first-order valence-corrected chi connectivity index (χ1v) is 18.4. The summed E-state index contributed by atoms with van der Waals surface area (Å²) >= 11 is 0. The van der Waals surface area contributed by atoms with Crippen LogP contribution < -0.4 is 10.9 Å². The number of aromatic amines is 1. The number of carbonyl (C=O) groups excluding carboxylic acids is 1. The number of rotatable bonds is 19. The number of sulfonamides is 1. The maximum Gasteiger partial charge on any atom is 0.263 e. The van der Waals surface area contributed by atoms with Gasteiger partial charge in [0.15, 0.2) is 0 Å². The molecule has 0 saturated carbocycles. The molecular weight excluding hydrogens is 614 g/mol. The van der Waals surface area contributed by atoms with Gasteiger partial charge in [0, 0.05) is 24.3 Å². The molecule has 2 aromatic carbocycles. The van der Waals surface area contributed by atoms with Crippen molar-refractivity contribution in [1.82, 2.24) is 9.29 Å². The third-order valence-electron chi connectivity index (χ3n) is 8.63. The van der Waals surface area contributed by atoms with Gasteiger partial charge in [-0.15, -0.1) is 5.11 Å². The lowest BCUT2D eigenvalue weighted by Crippen LogP contribution is -2.39. The Labute approximate surface area is 279 Å². The number of unbranched alkanes of at least 4 members (excludes halogenated alkanes) is 2. The number of aromatic hydroxyl groups is 1. The number of hydrogen-bond acceptors (Lipinski definition) is 7. The van der Waals surface area contributed by atoms with Gasteiger partial charge in [0.2, 0.25) is 15.9 Å². The van der Waals surface area contributed by atoms with Crippen LogP contribution in [0.2, 0.25) is 0 Å². The number of benzene rings is 2. The second-order valence-corrected chi connectivity index (χ2v) is 14.0. The summed E-state index contributed by atoms with van der Waals surface area (Å²) < 4.78 is 29.8. The highest BCUT2D eigenvalue weighted by Gasteiger charge is 2.29. The first-order valence-electron chi connectivity index (χ1n) is 17.0. The molecule has 0 bridgehead atoms. The summed E-state index contributed by atoms with van der Waals surface area (Å²) in [5.41, 5.74) is 0.149. The van der Waals surface area contributed by atoms with Crippen molar-refractivity contribution in [2.75, 3.05) is 18.4 Å². The molecule has 0 saturated heterocycles. The normalized spacial score (nSPS) is 13.2. The molecular formula is C36H51N5O5S. The van der Waals surface area contributed by atoms with E-state index in [1.165, 1.54) is 12.1 Å². The Balaban J connectivity index is 1.90. The lowest BCUT2D eigenvalue weighted by molar-refractivity contribution is 0.102. The molecule has 1 heterocycles. The SMILES string of the molecule is CCCCC(CC)CN(CC(CC)CCCC)S(=O)(=O)c1ccc(/N=N/c2c(O)[nH]c(=O)c(C(=O)Nc3ccccc3)c2CC)cc1. The van der Waals surface area contributed by atoms with Crippen molar-refractivity contribution in [3.63, 3.8) is 0 Å². The van der Waals surface area contributed by atoms with Crippen LogP contribution in [0.25, 0.3) is 0 Å². The number of hydrogen-bond donors (Lipinski definition) is 3. The monoisotopic (exact) mass is 665 g/mol. The molecule has 256 valence electrons. The van der Waals surface area contributed by atoms with Gasteiger partial charge < -0.3 is 10.4 Å². The van der Waals surface area contributed by atoms with Crippen molar-refractivity contribution in [3.8, 4) is 5.88 Å². The minimum absolute atomic E-state index is 0.0384. The van der Waals surface area contributed by atoms with Crippen LogP contribution in [-0.2, 0) is 16.4 Å². The number of nitrogens with zero attached hydrogens (tertiary/aromatic N) is 3. The van der Waals surface area contributed by atoms with Crippen molar-refractivity contribution in [2.24, 2.45) is 22.1 Å². The highest BCUT2D eigenvalue weighted by molar-refractivity contribution is 7.89. The van der Waals surface area contributed by atoms with Gasteiger partial charge in [-0.2, -0.15) is 9.42 Å². The third kappa shape index (κ3) is 10.3. The Morgan fingerprint density at radius 1 is 0.872 bits per heavy atom. The van der Waals surface area contributed by atoms with Gasteiger partial charge in [-0.1, -0.05) is 91.3 Å². The summed E-state index contributed by atoms with van der Waals surface area (Å²) in [4.78, 5) is 28.3. The van der Waals surface area contributed by atoms with E-state index in [0.717, 1.165) is 51.4 Å². The second kappa shape index (κ2) is 18.5. The second-order valence-electron chi connectivity index (χ2n) is 12.0. The van der Waals surface area contributed by atoms with E-state index in [9.17, 15) is 23.1 Å². The summed E-state index contributed by atoms with van der Waals surface area (Å²) in [5.74, 6) is -0.563. The van der Waals surface area contributed by atoms with Crippen LogP contribution in [0.15, 0.2) is 74.5 Å². The van der Waals surface area contributed by atoms with E-state index >= 15 is 0 Å². The molecule has 2 unspecified atom stereocenters. The molecule has 3 rings (SSSR count). The summed E-state index contributed by atoms with van der Waals surface area (Å²) in [6.07, 6.45) is 8.36. The Hall–Kier alpha value is -3.83. The van der Waals surface area contributed by atoms with E-state index in [2.05, 4.69) is 48.2 Å². The van der Waals surface area contributed by atoms with Gasteiger partial charge in [0.25, 0.3) is 11.5 Å². The van der Waals surface area contributed by atoms with Gasteiger partial charge in [-0.05, 0) is 67.5 Å². The van der Waals surface area contributed by atoms with Gasteiger partial charge in [0.05, 0.1) is 10.6 Å². The maximum absolute atomic E-state index is 14.0. The average molecular weight is 666 g/mol. The highest BCUT2D eigenvalue weighted by atomic mass is 32.2. The van der Waals surface area contributed by atoms with E-state index in [-0.39, 0.29) is 28.1 Å². The van der Waals surface area contributed by atoms with Crippen LogP contribution in [0.5, 0.6) is 5.88 Å². The first-order chi connectivity index (χ1) is 22.6. The molecule has 47 heavy (non-hydrogen) atoms. The lowest BCUT2D eigenvalue weighted by atomic mass is 9.97. The number of azo groups is 1. The van der Waals surface area contributed by atoms with Gasteiger partial charge in [0.1, 0.15) is 11.3 Å². The molecule has 11 heteroatoms. The smallest absolute Gasteiger partial charge is 0.263 e. The van der Waals surface area contributed by atoms with Crippen LogP contribution in [-0.4, -0.2) is 41.8 Å². The third-order valence-corrected chi connectivity index (χ3v) is 10.5. The van der Waals surface area contributed by atoms with Crippen LogP contribution in [0.1, 0.15) is 102 Å². The van der Waals surface area contributed by atoms with Crippen LogP contribution in [0.4, 0.5) is 17.1 Å². The number of nitrogens with one attached hydrogen (secondary N) is 2. The molecule has 3 N–H and O–H groups in total. The van der Waals surface area contributed by atoms with Gasteiger partial charge >= 0.3 is 0 Å². The zero-order valence-corrected chi connectivity index (χ0v) is 29.3. The van der Waals surface area contributed by atoms with Crippen LogP contribution in [0.3, 0.4) is 0 Å². The van der Waals surface area contributed by atoms with E-state index in [1.807, 2.05) is 6.07 Å². The number of para-hydroxylation sites is 1. The number of pyridine rings is 1. The molecule has 10 nitrogen and oxygen atoms in total. The number of carbonyl (C=O) groups is 1. The molecule has 0 aliphatic carbocycles. The molecule has 1 aromatic heterocycles. The highest BCUT2D eigenvalue weighted by Crippen LogP contribution is 2.32. The van der Waals surface area contributed by atoms with Crippen LogP contribution in [0, 0.1) is 11.8 Å². The number of H-pyrrole nitrogens is 1. The Kier molecular flexibility index (Phi) is 14.8. The topological polar surface area (TPSA) is 144 Å². The molecule has 0 spiro atoms. The predicted molar refractivity (Wildman–Crippen MR) is 188 cm³/mol. The van der Waals surface area contributed by atoms with Crippen molar-refractivity contribution >= 4 is 33.0 Å². The maximum atomic E-state index is 14.0.